The lowest BCUT2D eigenvalue weighted by atomic mass is 10.1. The zero-order chi connectivity index (χ0) is 9.83. The predicted molar refractivity (Wildman–Crippen MR) is 53.5 cm³/mol. The quantitative estimate of drug-likeness (QED) is 0.535. The van der Waals surface area contributed by atoms with E-state index in [2.05, 4.69) is 22.4 Å². The molecule has 0 amide bonds. The van der Waals surface area contributed by atoms with Crippen molar-refractivity contribution in [3.05, 3.63) is 11.5 Å². The van der Waals surface area contributed by atoms with Gasteiger partial charge in [0.2, 0.25) is 0 Å². The molecular formula is C10H18N2-. The molecule has 1 radical (unpaired) electrons. The lowest BCUT2D eigenvalue weighted by Crippen LogP contribution is -2.10. The molecule has 0 aliphatic carbocycles. The maximum absolute atomic E-state index is 4.10. The van der Waals surface area contributed by atoms with Crippen molar-refractivity contribution in [3.8, 4) is 0 Å². The van der Waals surface area contributed by atoms with Gasteiger partial charge < -0.3 is 5.32 Å². The normalized spacial score (nSPS) is 11.8. The fourth-order valence-corrected chi connectivity index (χ4v) is 0.385. The molecule has 0 bridgehead atoms. The summed E-state index contributed by atoms with van der Waals surface area (Å²) >= 11 is 0. The Morgan fingerprint density at radius 3 is 1.83 bits per heavy atom. The minimum Gasteiger partial charge on any atom is -0.672 e. The fourth-order valence-electron chi connectivity index (χ4n) is 0.385. The van der Waals surface area contributed by atoms with Crippen LogP contribution in [0.3, 0.4) is 0 Å². The molecule has 69 valence electrons. The van der Waals surface area contributed by atoms with Gasteiger partial charge in [-0.05, 0) is 26.6 Å². The van der Waals surface area contributed by atoms with Crippen molar-refractivity contribution in [2.24, 2.45) is 4.99 Å². The number of hydrogen-bond donors (Lipinski definition) is 0. The van der Waals surface area contributed by atoms with Gasteiger partial charge in [0, 0.05) is 0 Å². The monoisotopic (exact) mass is 166 g/mol. The van der Waals surface area contributed by atoms with E-state index in [1.54, 1.807) is 0 Å². The Labute approximate surface area is 75.8 Å². The molecule has 0 fully saturated rings. The lowest BCUT2D eigenvalue weighted by Gasteiger charge is -2.32. The molecule has 0 aromatic carbocycles. The van der Waals surface area contributed by atoms with Gasteiger partial charge in [-0.15, -0.1) is 5.54 Å². The Kier molecular flexibility index (Phi) is 3.54. The van der Waals surface area contributed by atoms with E-state index in [1.165, 1.54) is 0 Å². The van der Waals surface area contributed by atoms with Crippen LogP contribution in [0.1, 0.15) is 41.5 Å². The third-order valence-electron chi connectivity index (χ3n) is 0.833. The predicted octanol–water partition coefficient (Wildman–Crippen LogP) is 2.94. The van der Waals surface area contributed by atoms with Gasteiger partial charge in [0.25, 0.3) is 0 Å². The van der Waals surface area contributed by atoms with E-state index in [0.29, 0.717) is 0 Å². The Balaban J connectivity index is 4.01. The second-order valence-electron chi connectivity index (χ2n) is 4.79. The zero-order valence-electron chi connectivity index (χ0n) is 8.89. The Morgan fingerprint density at radius 2 is 1.50 bits per heavy atom. The van der Waals surface area contributed by atoms with Gasteiger partial charge in [0.05, 0.1) is 5.54 Å². The van der Waals surface area contributed by atoms with E-state index in [4.69, 9.17) is 0 Å². The van der Waals surface area contributed by atoms with E-state index >= 15 is 0 Å². The van der Waals surface area contributed by atoms with Crippen LogP contribution in [-0.2, 0) is 0 Å². The average molecular weight is 166 g/mol. The van der Waals surface area contributed by atoms with E-state index in [9.17, 15) is 0 Å². The summed E-state index contributed by atoms with van der Waals surface area (Å²) in [5.74, 6) is 2.69. The maximum Gasteiger partial charge on any atom is 0.0617 e. The first-order valence-electron chi connectivity index (χ1n) is 4.14. The smallest absolute Gasteiger partial charge is 0.0617 e. The topological polar surface area (TPSA) is 26.5 Å². The highest BCUT2D eigenvalue weighted by molar-refractivity contribution is 5.51. The highest BCUT2D eigenvalue weighted by Gasteiger charge is 2.03. The van der Waals surface area contributed by atoms with Crippen molar-refractivity contribution in [1.29, 1.82) is 0 Å². The Morgan fingerprint density at radius 1 is 1.00 bits per heavy atom. The van der Waals surface area contributed by atoms with Crippen LogP contribution < -0.4 is 0 Å². The van der Waals surface area contributed by atoms with Crippen molar-refractivity contribution in [2.45, 2.75) is 52.6 Å². The van der Waals surface area contributed by atoms with Crippen LogP contribution in [0.25, 0.3) is 5.32 Å². The number of nitrogens with zero attached hydrogens (tertiary/aromatic N) is 2. The van der Waals surface area contributed by atoms with Crippen molar-refractivity contribution >= 4 is 5.87 Å². The van der Waals surface area contributed by atoms with Crippen molar-refractivity contribution in [1.82, 2.24) is 0 Å². The maximum atomic E-state index is 4.10. The van der Waals surface area contributed by atoms with Crippen LogP contribution >= 0.6 is 0 Å². The second kappa shape index (κ2) is 3.77. The second-order valence-corrected chi connectivity index (χ2v) is 4.79. The van der Waals surface area contributed by atoms with Gasteiger partial charge >= 0.3 is 0 Å². The van der Waals surface area contributed by atoms with Gasteiger partial charge in [-0.25, -0.2) is 4.99 Å². The van der Waals surface area contributed by atoms with Crippen molar-refractivity contribution < 1.29 is 0 Å². The first-order valence-corrected chi connectivity index (χ1v) is 4.14. The van der Waals surface area contributed by atoms with Crippen LogP contribution in [0.2, 0.25) is 0 Å². The molecule has 0 rings (SSSR count). The van der Waals surface area contributed by atoms with Gasteiger partial charge in [-0.1, -0.05) is 27.0 Å². The molecule has 0 aliphatic rings. The summed E-state index contributed by atoms with van der Waals surface area (Å²) in [7, 11) is 0. The molecule has 0 saturated heterocycles. The van der Waals surface area contributed by atoms with Gasteiger partial charge in [-0.2, -0.15) is 0 Å². The summed E-state index contributed by atoms with van der Waals surface area (Å²) in [5, 5.41) is 4.10. The summed E-state index contributed by atoms with van der Waals surface area (Å²) in [6, 6.07) is 0. The lowest BCUT2D eigenvalue weighted by molar-refractivity contribution is 0.587. The van der Waals surface area contributed by atoms with Crippen molar-refractivity contribution in [2.75, 3.05) is 0 Å². The average Bonchev–Trinajstić information content (AvgIpc) is 1.76. The van der Waals surface area contributed by atoms with Gasteiger partial charge in [0.15, 0.2) is 0 Å². The number of rotatable bonds is 1. The zero-order valence-corrected chi connectivity index (χ0v) is 8.89. The molecule has 0 atom stereocenters. The molecule has 0 saturated carbocycles. The van der Waals surface area contributed by atoms with Gasteiger partial charge in [-0.3, -0.25) is 0 Å². The first kappa shape index (κ1) is 11.2. The summed E-state index contributed by atoms with van der Waals surface area (Å²) in [6.07, 6.45) is 2.69. The molecule has 2 nitrogen and oxygen atoms in total. The van der Waals surface area contributed by atoms with Crippen LogP contribution in [0, 0.1) is 6.20 Å². The molecule has 0 heterocycles. The van der Waals surface area contributed by atoms with Crippen molar-refractivity contribution in [3.63, 3.8) is 0 Å². The Bertz CT molecular complexity index is 185. The molecule has 0 spiro atoms. The number of aliphatic imine (C=N–C) groups is 1. The summed E-state index contributed by atoms with van der Waals surface area (Å²) in [6.45, 7) is 12.1. The molecular weight excluding hydrogens is 148 g/mol. The molecule has 0 aliphatic heterocycles. The van der Waals surface area contributed by atoms with E-state index in [1.807, 2.05) is 41.5 Å². The van der Waals surface area contributed by atoms with E-state index < -0.39 is 0 Å². The van der Waals surface area contributed by atoms with Crippen LogP contribution in [0.4, 0.5) is 0 Å². The van der Waals surface area contributed by atoms with Crippen LogP contribution in [0.15, 0.2) is 4.99 Å². The van der Waals surface area contributed by atoms with Crippen LogP contribution in [0.5, 0.6) is 0 Å². The molecule has 2 heteroatoms. The molecule has 0 aromatic rings. The SMILES string of the molecule is CC(C)(C)N=C=[C][N-]C(C)(C)C. The molecule has 12 heavy (non-hydrogen) atoms. The molecule has 0 aromatic heterocycles. The third kappa shape index (κ3) is 9.25. The van der Waals surface area contributed by atoms with E-state index in [0.717, 1.165) is 0 Å². The summed E-state index contributed by atoms with van der Waals surface area (Å²) in [4.78, 5) is 4.10. The summed E-state index contributed by atoms with van der Waals surface area (Å²) < 4.78 is 0. The highest BCUT2D eigenvalue weighted by Crippen LogP contribution is 2.12. The Hall–Kier alpha value is -0.750. The largest absolute Gasteiger partial charge is 0.672 e. The standard InChI is InChI=1S/C10H18N2/c1-9(2,3)11-7-8-12-10(4,5)6/h1-6H3/q-1. The minimum absolute atomic E-state index is 0.0829. The van der Waals surface area contributed by atoms with Gasteiger partial charge in [0.1, 0.15) is 0 Å². The van der Waals surface area contributed by atoms with E-state index in [-0.39, 0.29) is 11.1 Å². The molecule has 0 unspecified atom stereocenters. The number of hydrogen-bond acceptors (Lipinski definition) is 1. The molecule has 0 N–H and O–H groups in total. The highest BCUT2D eigenvalue weighted by atomic mass is 14.9. The van der Waals surface area contributed by atoms with Crippen LogP contribution in [-0.4, -0.2) is 16.9 Å². The fraction of sp³-hybridized carbons (Fsp3) is 0.800. The summed E-state index contributed by atoms with van der Waals surface area (Å²) in [5.41, 5.74) is -0.166. The first-order chi connectivity index (χ1) is 5.21. The minimum atomic E-state index is -0.0829. The third-order valence-corrected chi connectivity index (χ3v) is 0.833.